The highest BCUT2D eigenvalue weighted by atomic mass is 32.2. The van der Waals surface area contributed by atoms with Crippen molar-refractivity contribution in [3.63, 3.8) is 0 Å². The minimum atomic E-state index is 0.726. The second kappa shape index (κ2) is 6.76. The smallest absolute Gasteiger partial charge is 0.166 e. The highest BCUT2D eigenvalue weighted by Crippen LogP contribution is 2.27. The molecule has 0 aliphatic rings. The molecule has 0 radical (unpaired) electrons. The first kappa shape index (κ1) is 16.5. The fourth-order valence-electron chi connectivity index (χ4n) is 2.84. The first-order valence-electron chi connectivity index (χ1n) is 8.19. The minimum absolute atomic E-state index is 0.726. The molecule has 0 saturated heterocycles. The van der Waals surface area contributed by atoms with Gasteiger partial charge in [0.2, 0.25) is 0 Å². The van der Waals surface area contributed by atoms with Crippen LogP contribution in [-0.4, -0.2) is 26.6 Å². The number of thioether (sulfide) groups is 1. The van der Waals surface area contributed by atoms with Crippen LogP contribution in [0.4, 0.5) is 5.69 Å². The van der Waals surface area contributed by atoms with Crippen LogP contribution in [0.25, 0.3) is 16.7 Å². The average Bonchev–Trinajstić information content (AvgIpc) is 3.26. The van der Waals surface area contributed by atoms with Crippen molar-refractivity contribution in [3.8, 4) is 11.4 Å². The van der Waals surface area contributed by atoms with E-state index in [1.807, 2.05) is 48.1 Å². The highest BCUT2D eigenvalue weighted by Gasteiger charge is 2.09. The number of pyridine rings is 1. The first-order valence-corrected chi connectivity index (χ1v) is 9.17. The van der Waals surface area contributed by atoms with Gasteiger partial charge in [0, 0.05) is 41.3 Å². The van der Waals surface area contributed by atoms with Crippen LogP contribution in [0.2, 0.25) is 0 Å². The molecular formula is C19H19N5OS. The van der Waals surface area contributed by atoms with Crippen molar-refractivity contribution in [2.75, 3.05) is 12.8 Å². The molecule has 0 atom stereocenters. The van der Waals surface area contributed by atoms with Crippen LogP contribution in [-0.2, 0) is 5.75 Å². The highest BCUT2D eigenvalue weighted by molar-refractivity contribution is 7.98. The lowest BCUT2D eigenvalue weighted by Gasteiger charge is -2.08. The molecule has 0 bridgehead atoms. The van der Waals surface area contributed by atoms with Gasteiger partial charge in [0.05, 0.1) is 23.8 Å². The number of methoxy groups -OCH3 is 1. The van der Waals surface area contributed by atoms with Gasteiger partial charge in [-0.05, 0) is 37.3 Å². The number of fused-ring (bicyclic) bond motifs is 1. The van der Waals surface area contributed by atoms with E-state index in [0.717, 1.165) is 50.3 Å². The molecule has 3 aromatic heterocycles. The third-order valence-electron chi connectivity index (χ3n) is 4.28. The number of H-pyrrole nitrogens is 1. The molecule has 0 aliphatic heterocycles. The zero-order valence-electron chi connectivity index (χ0n) is 14.6. The van der Waals surface area contributed by atoms with Gasteiger partial charge in [-0.15, -0.1) is 0 Å². The van der Waals surface area contributed by atoms with Crippen molar-refractivity contribution in [2.24, 2.45) is 0 Å². The standard InChI is InChI=1S/C19H19N5OS/c1-12-17(21-7-5-18(12)25-2)11-26-19-22-15-4-3-14(9-16(15)23-19)24-8-6-13(20)10-24/h3-10H,11,20H2,1-2H3,(H,22,23). The molecule has 0 amide bonds. The number of anilines is 1. The Morgan fingerprint density at radius 3 is 2.92 bits per heavy atom. The lowest BCUT2D eigenvalue weighted by molar-refractivity contribution is 0.410. The first-order chi connectivity index (χ1) is 12.6. The number of benzene rings is 1. The summed E-state index contributed by atoms with van der Waals surface area (Å²) in [6, 6.07) is 9.87. The molecule has 0 spiro atoms. The van der Waals surface area contributed by atoms with Gasteiger partial charge >= 0.3 is 0 Å². The van der Waals surface area contributed by atoms with E-state index in [1.54, 1.807) is 25.1 Å². The molecule has 4 rings (SSSR count). The van der Waals surface area contributed by atoms with E-state index >= 15 is 0 Å². The molecule has 0 fully saturated rings. The predicted octanol–water partition coefficient (Wildman–Crippen LogP) is 3.94. The summed E-state index contributed by atoms with van der Waals surface area (Å²) in [4.78, 5) is 12.5. The molecule has 0 unspecified atom stereocenters. The lowest BCUT2D eigenvalue weighted by Crippen LogP contribution is -1.95. The molecule has 1 aromatic carbocycles. The SMILES string of the molecule is COc1ccnc(CSc2nc3ccc(-n4ccc(N)c4)cc3[nH]2)c1C. The van der Waals surface area contributed by atoms with Gasteiger partial charge in [-0.1, -0.05) is 11.8 Å². The van der Waals surface area contributed by atoms with Crippen LogP contribution in [0.5, 0.6) is 5.75 Å². The van der Waals surface area contributed by atoms with E-state index in [9.17, 15) is 0 Å². The van der Waals surface area contributed by atoms with E-state index in [2.05, 4.69) is 21.0 Å². The third kappa shape index (κ3) is 3.13. The van der Waals surface area contributed by atoms with Crippen molar-refractivity contribution in [3.05, 3.63) is 60.2 Å². The molecule has 3 N–H and O–H groups in total. The Balaban J connectivity index is 1.56. The molecule has 4 aromatic rings. The second-order valence-corrected chi connectivity index (χ2v) is 6.93. The number of hydrogen-bond acceptors (Lipinski definition) is 5. The summed E-state index contributed by atoms with van der Waals surface area (Å²) in [5, 5.41) is 0.869. The maximum atomic E-state index is 5.80. The number of aromatic amines is 1. The maximum absolute atomic E-state index is 5.80. The van der Waals surface area contributed by atoms with Crippen LogP contribution < -0.4 is 10.5 Å². The summed E-state index contributed by atoms with van der Waals surface area (Å²) in [7, 11) is 1.68. The molecule has 6 nitrogen and oxygen atoms in total. The average molecular weight is 365 g/mol. The van der Waals surface area contributed by atoms with Gasteiger partial charge in [0.25, 0.3) is 0 Å². The summed E-state index contributed by atoms with van der Waals surface area (Å²) < 4.78 is 7.35. The Kier molecular flexibility index (Phi) is 4.30. The van der Waals surface area contributed by atoms with Crippen LogP contribution in [0.15, 0.2) is 54.1 Å². The quantitative estimate of drug-likeness (QED) is 0.524. The fraction of sp³-hybridized carbons (Fsp3) is 0.158. The van der Waals surface area contributed by atoms with E-state index < -0.39 is 0 Å². The number of rotatable bonds is 5. The van der Waals surface area contributed by atoms with Crippen molar-refractivity contribution < 1.29 is 4.74 Å². The number of aromatic nitrogens is 4. The summed E-state index contributed by atoms with van der Waals surface area (Å²) >= 11 is 1.63. The number of nitrogens with zero attached hydrogens (tertiary/aromatic N) is 3. The van der Waals surface area contributed by atoms with Crippen LogP contribution >= 0.6 is 11.8 Å². The van der Waals surface area contributed by atoms with Crippen molar-refractivity contribution in [1.82, 2.24) is 19.5 Å². The summed E-state index contributed by atoms with van der Waals surface area (Å²) in [5.41, 5.74) is 11.6. The normalized spacial score (nSPS) is 11.2. The Labute approximate surface area is 155 Å². The van der Waals surface area contributed by atoms with Crippen LogP contribution in [0.3, 0.4) is 0 Å². The number of hydrogen-bond donors (Lipinski definition) is 2. The minimum Gasteiger partial charge on any atom is -0.496 e. The summed E-state index contributed by atoms with van der Waals surface area (Å²) in [6.45, 7) is 2.02. The number of nitrogen functional groups attached to an aromatic ring is 1. The van der Waals surface area contributed by atoms with E-state index in [0.29, 0.717) is 0 Å². The molecule has 3 heterocycles. The van der Waals surface area contributed by atoms with Gasteiger partial charge < -0.3 is 20.0 Å². The van der Waals surface area contributed by atoms with Gasteiger partial charge in [-0.3, -0.25) is 4.98 Å². The van der Waals surface area contributed by atoms with E-state index in [4.69, 9.17) is 10.5 Å². The fourth-order valence-corrected chi connectivity index (χ4v) is 3.75. The Hall–Kier alpha value is -2.93. The molecule has 0 aliphatic carbocycles. The Morgan fingerprint density at radius 2 is 2.15 bits per heavy atom. The van der Waals surface area contributed by atoms with E-state index in [1.165, 1.54) is 0 Å². The number of nitrogens with two attached hydrogens (primary N) is 1. The molecule has 26 heavy (non-hydrogen) atoms. The van der Waals surface area contributed by atoms with Gasteiger partial charge in [-0.25, -0.2) is 4.98 Å². The Bertz CT molecular complexity index is 1070. The van der Waals surface area contributed by atoms with Gasteiger partial charge in [0.15, 0.2) is 5.16 Å². The van der Waals surface area contributed by atoms with Gasteiger partial charge in [0.1, 0.15) is 5.75 Å². The Morgan fingerprint density at radius 1 is 1.27 bits per heavy atom. The van der Waals surface area contributed by atoms with Crippen molar-refractivity contribution >= 4 is 28.5 Å². The molecule has 7 heteroatoms. The summed E-state index contributed by atoms with van der Waals surface area (Å²) in [6.07, 6.45) is 5.61. The zero-order valence-corrected chi connectivity index (χ0v) is 15.4. The number of ether oxygens (including phenoxy) is 1. The zero-order chi connectivity index (χ0) is 18.1. The van der Waals surface area contributed by atoms with Crippen molar-refractivity contribution in [2.45, 2.75) is 17.8 Å². The summed E-state index contributed by atoms with van der Waals surface area (Å²) in [5.74, 6) is 1.58. The van der Waals surface area contributed by atoms with Gasteiger partial charge in [-0.2, -0.15) is 0 Å². The number of imidazole rings is 1. The monoisotopic (exact) mass is 365 g/mol. The topological polar surface area (TPSA) is 81.8 Å². The molecule has 132 valence electrons. The lowest BCUT2D eigenvalue weighted by atomic mass is 10.2. The van der Waals surface area contributed by atoms with Crippen LogP contribution in [0, 0.1) is 6.92 Å². The predicted molar refractivity (Wildman–Crippen MR) is 105 cm³/mol. The number of nitrogens with one attached hydrogen (secondary N) is 1. The maximum Gasteiger partial charge on any atom is 0.166 e. The molecule has 0 saturated carbocycles. The third-order valence-corrected chi connectivity index (χ3v) is 5.17. The molecular weight excluding hydrogens is 346 g/mol. The second-order valence-electron chi connectivity index (χ2n) is 5.97. The van der Waals surface area contributed by atoms with Crippen LogP contribution in [0.1, 0.15) is 11.3 Å². The van der Waals surface area contributed by atoms with Crippen molar-refractivity contribution in [1.29, 1.82) is 0 Å². The van der Waals surface area contributed by atoms with E-state index in [-0.39, 0.29) is 0 Å². The largest absolute Gasteiger partial charge is 0.496 e.